The van der Waals surface area contributed by atoms with Gasteiger partial charge in [0.15, 0.2) is 0 Å². The number of nitrogens with one attached hydrogen (secondary N) is 1. The summed E-state index contributed by atoms with van der Waals surface area (Å²) in [7, 11) is 0. The van der Waals surface area contributed by atoms with Gasteiger partial charge in [-0.3, -0.25) is 10.1 Å². The van der Waals surface area contributed by atoms with Gasteiger partial charge in [0.25, 0.3) is 5.91 Å². The lowest BCUT2D eigenvalue weighted by Gasteiger charge is -2.20. The number of hydrogen-bond acceptors (Lipinski definition) is 5. The molecule has 19 heavy (non-hydrogen) atoms. The zero-order chi connectivity index (χ0) is 13.7. The maximum atomic E-state index is 11.9. The molecule has 0 atom stereocenters. The van der Waals surface area contributed by atoms with Crippen LogP contribution in [0.3, 0.4) is 0 Å². The predicted molar refractivity (Wildman–Crippen MR) is 77.9 cm³/mol. The monoisotopic (exact) mass is 276 g/mol. The summed E-state index contributed by atoms with van der Waals surface area (Å²) in [6, 6.07) is 7.57. The minimum absolute atomic E-state index is 0.164. The molecule has 1 heterocycles. The highest BCUT2D eigenvalue weighted by molar-refractivity contribution is 7.13. The molecule has 1 N–H and O–H groups in total. The van der Waals surface area contributed by atoms with Crippen molar-refractivity contribution in [3.8, 4) is 0 Å². The molecular weight excluding hydrogens is 260 g/mol. The molecule has 0 radical (unpaired) electrons. The molecule has 5 nitrogen and oxygen atoms in total. The molecule has 1 aromatic carbocycles. The lowest BCUT2D eigenvalue weighted by molar-refractivity contribution is 0.102. The normalized spacial score (nSPS) is 10.2. The first-order valence-corrected chi connectivity index (χ1v) is 7.05. The van der Waals surface area contributed by atoms with Crippen molar-refractivity contribution in [2.24, 2.45) is 0 Å². The summed E-state index contributed by atoms with van der Waals surface area (Å²) < 4.78 is 0. The van der Waals surface area contributed by atoms with Crippen LogP contribution in [0.25, 0.3) is 0 Å². The lowest BCUT2D eigenvalue weighted by atomic mass is 10.2. The van der Waals surface area contributed by atoms with Crippen molar-refractivity contribution in [3.05, 3.63) is 35.3 Å². The largest absolute Gasteiger partial charge is 0.372 e. The second-order valence-electron chi connectivity index (χ2n) is 3.92. The number of amides is 1. The van der Waals surface area contributed by atoms with Gasteiger partial charge in [0.2, 0.25) is 5.13 Å². The smallest absolute Gasteiger partial charge is 0.257 e. The molecule has 6 heteroatoms. The second-order valence-corrected chi connectivity index (χ2v) is 4.75. The molecule has 0 unspecified atom stereocenters. The van der Waals surface area contributed by atoms with E-state index < -0.39 is 0 Å². The molecule has 2 rings (SSSR count). The second kappa shape index (κ2) is 6.29. The quantitative estimate of drug-likeness (QED) is 0.912. The van der Waals surface area contributed by atoms with E-state index in [4.69, 9.17) is 0 Å². The molecule has 0 saturated heterocycles. The van der Waals surface area contributed by atoms with Crippen LogP contribution >= 0.6 is 11.3 Å². The summed E-state index contributed by atoms with van der Waals surface area (Å²) in [5.74, 6) is -0.164. The number of nitrogens with zero attached hydrogens (tertiary/aromatic N) is 3. The Kier molecular flexibility index (Phi) is 4.46. The average molecular weight is 276 g/mol. The number of aromatic nitrogens is 2. The first-order chi connectivity index (χ1) is 9.24. The minimum atomic E-state index is -0.164. The summed E-state index contributed by atoms with van der Waals surface area (Å²) in [5, 5.41) is 10.7. The van der Waals surface area contributed by atoms with Crippen LogP contribution < -0.4 is 10.2 Å². The van der Waals surface area contributed by atoms with E-state index in [9.17, 15) is 4.79 Å². The molecule has 0 bridgehead atoms. The molecule has 0 aliphatic heterocycles. The SMILES string of the molecule is CCN(CC)c1ccc(C(=O)Nc2nncs2)cc1. The highest BCUT2D eigenvalue weighted by Crippen LogP contribution is 2.16. The lowest BCUT2D eigenvalue weighted by Crippen LogP contribution is -2.21. The summed E-state index contributed by atoms with van der Waals surface area (Å²) in [6.07, 6.45) is 0. The van der Waals surface area contributed by atoms with Crippen molar-refractivity contribution in [2.45, 2.75) is 13.8 Å². The first-order valence-electron chi connectivity index (χ1n) is 6.17. The van der Waals surface area contributed by atoms with Crippen molar-refractivity contribution >= 4 is 28.1 Å². The van der Waals surface area contributed by atoms with Crippen molar-refractivity contribution in [1.82, 2.24) is 10.2 Å². The van der Waals surface area contributed by atoms with E-state index in [1.165, 1.54) is 11.3 Å². The Morgan fingerprint density at radius 2 is 1.95 bits per heavy atom. The van der Waals surface area contributed by atoms with Gasteiger partial charge >= 0.3 is 0 Å². The number of carbonyl (C=O) groups excluding carboxylic acids is 1. The third kappa shape index (κ3) is 3.29. The van der Waals surface area contributed by atoms with Gasteiger partial charge < -0.3 is 4.90 Å². The number of carbonyl (C=O) groups is 1. The zero-order valence-electron chi connectivity index (χ0n) is 11.0. The van der Waals surface area contributed by atoms with Crippen LogP contribution in [0.1, 0.15) is 24.2 Å². The topological polar surface area (TPSA) is 58.1 Å². The van der Waals surface area contributed by atoms with Crippen LogP contribution in [0.4, 0.5) is 10.8 Å². The van der Waals surface area contributed by atoms with E-state index in [1.54, 1.807) is 5.51 Å². The van der Waals surface area contributed by atoms with E-state index in [-0.39, 0.29) is 5.91 Å². The Morgan fingerprint density at radius 3 is 2.47 bits per heavy atom. The van der Waals surface area contributed by atoms with Crippen LogP contribution in [0.15, 0.2) is 29.8 Å². The van der Waals surface area contributed by atoms with Crippen molar-refractivity contribution in [1.29, 1.82) is 0 Å². The van der Waals surface area contributed by atoms with Crippen LogP contribution in [0, 0.1) is 0 Å². The Morgan fingerprint density at radius 1 is 1.26 bits per heavy atom. The van der Waals surface area contributed by atoms with Gasteiger partial charge in [0.05, 0.1) is 0 Å². The number of rotatable bonds is 5. The van der Waals surface area contributed by atoms with Gasteiger partial charge in [0, 0.05) is 24.3 Å². The summed E-state index contributed by atoms with van der Waals surface area (Å²) in [6.45, 7) is 6.12. The number of benzene rings is 1. The van der Waals surface area contributed by atoms with Gasteiger partial charge in [-0.15, -0.1) is 10.2 Å². The van der Waals surface area contributed by atoms with Gasteiger partial charge in [0.1, 0.15) is 5.51 Å². The van der Waals surface area contributed by atoms with E-state index in [2.05, 4.69) is 34.3 Å². The molecule has 1 aromatic heterocycles. The van der Waals surface area contributed by atoms with E-state index in [1.807, 2.05) is 24.3 Å². The molecule has 0 aliphatic rings. The Bertz CT molecular complexity index is 520. The molecule has 0 fully saturated rings. The maximum absolute atomic E-state index is 11.9. The number of anilines is 2. The van der Waals surface area contributed by atoms with Gasteiger partial charge in [-0.1, -0.05) is 11.3 Å². The van der Waals surface area contributed by atoms with E-state index in [0.29, 0.717) is 10.7 Å². The van der Waals surface area contributed by atoms with Gasteiger partial charge in [-0.2, -0.15) is 0 Å². The van der Waals surface area contributed by atoms with Crippen LogP contribution in [-0.2, 0) is 0 Å². The first kappa shape index (κ1) is 13.5. The molecular formula is C13H16N4OS. The third-order valence-electron chi connectivity index (χ3n) is 2.84. The number of hydrogen-bond donors (Lipinski definition) is 1. The van der Waals surface area contributed by atoms with Crippen molar-refractivity contribution in [3.63, 3.8) is 0 Å². The molecule has 1 amide bonds. The zero-order valence-corrected chi connectivity index (χ0v) is 11.8. The van der Waals surface area contributed by atoms with E-state index in [0.717, 1.165) is 18.8 Å². The van der Waals surface area contributed by atoms with Crippen LogP contribution in [-0.4, -0.2) is 29.2 Å². The fraction of sp³-hybridized carbons (Fsp3) is 0.308. The molecule has 0 spiro atoms. The molecule has 0 aliphatic carbocycles. The van der Waals surface area contributed by atoms with Crippen molar-refractivity contribution in [2.75, 3.05) is 23.3 Å². The van der Waals surface area contributed by atoms with Gasteiger partial charge in [-0.25, -0.2) is 0 Å². The fourth-order valence-corrected chi connectivity index (χ4v) is 2.25. The van der Waals surface area contributed by atoms with Crippen molar-refractivity contribution < 1.29 is 4.79 Å². The standard InChI is InChI=1S/C13H16N4OS/c1-3-17(4-2)11-7-5-10(6-8-11)12(18)15-13-16-14-9-19-13/h5-9H,3-4H2,1-2H3,(H,15,16,18). The maximum Gasteiger partial charge on any atom is 0.257 e. The Balaban J connectivity index is 2.07. The van der Waals surface area contributed by atoms with E-state index >= 15 is 0 Å². The summed E-state index contributed by atoms with van der Waals surface area (Å²) in [4.78, 5) is 14.2. The summed E-state index contributed by atoms with van der Waals surface area (Å²) in [5.41, 5.74) is 3.32. The third-order valence-corrected chi connectivity index (χ3v) is 3.45. The van der Waals surface area contributed by atoms with Gasteiger partial charge in [-0.05, 0) is 38.1 Å². The minimum Gasteiger partial charge on any atom is -0.372 e. The van der Waals surface area contributed by atoms with Crippen LogP contribution in [0.5, 0.6) is 0 Å². The predicted octanol–water partition coefficient (Wildman–Crippen LogP) is 2.64. The average Bonchev–Trinajstić information content (AvgIpc) is 2.94. The molecule has 100 valence electrons. The molecule has 0 saturated carbocycles. The summed E-state index contributed by atoms with van der Waals surface area (Å²) >= 11 is 1.30. The van der Waals surface area contributed by atoms with Crippen LogP contribution in [0.2, 0.25) is 0 Å². The highest BCUT2D eigenvalue weighted by Gasteiger charge is 2.08. The Labute approximate surface area is 116 Å². The fourth-order valence-electron chi connectivity index (χ4n) is 1.81. The Hall–Kier alpha value is -1.95. The highest BCUT2D eigenvalue weighted by atomic mass is 32.1. The molecule has 2 aromatic rings.